The third-order valence-corrected chi connectivity index (χ3v) is 5.82. The van der Waals surface area contributed by atoms with Crippen LogP contribution in [-0.4, -0.2) is 12.8 Å². The van der Waals surface area contributed by atoms with Gasteiger partial charge in [0, 0.05) is 24.6 Å². The number of rotatable bonds is 3. The second-order valence-corrected chi connectivity index (χ2v) is 10.1. The Morgan fingerprint density at radius 1 is 0.741 bits per heavy atom. The van der Waals surface area contributed by atoms with Crippen LogP contribution in [0.3, 0.4) is 0 Å². The van der Waals surface area contributed by atoms with Crippen molar-refractivity contribution in [2.24, 2.45) is 10.9 Å². The number of hydrogen-bond acceptors (Lipinski definition) is 1. The standard InChI is InChI=1S/C26H35N/c1-25(2,3)22-13-9-19(10-14-22)24(21-8-7-17-27-18-21)20-11-15-23(16-12-20)26(4,5)6/h9-16,18,21,24H,7-8,17H2,1-6H3. The lowest BCUT2D eigenvalue weighted by Gasteiger charge is -2.29. The van der Waals surface area contributed by atoms with Crippen molar-refractivity contribution in [2.45, 2.75) is 71.1 Å². The van der Waals surface area contributed by atoms with Crippen molar-refractivity contribution in [3.63, 3.8) is 0 Å². The highest BCUT2D eigenvalue weighted by Crippen LogP contribution is 2.37. The molecule has 2 aromatic rings. The summed E-state index contributed by atoms with van der Waals surface area (Å²) < 4.78 is 0. The minimum atomic E-state index is 0.189. The quantitative estimate of drug-likeness (QED) is 0.564. The lowest BCUT2D eigenvalue weighted by Crippen LogP contribution is -2.20. The molecule has 27 heavy (non-hydrogen) atoms. The Kier molecular flexibility index (Phi) is 5.60. The van der Waals surface area contributed by atoms with E-state index in [-0.39, 0.29) is 10.8 Å². The van der Waals surface area contributed by atoms with Gasteiger partial charge in [0.2, 0.25) is 0 Å². The molecule has 1 heterocycles. The molecule has 0 aliphatic carbocycles. The fourth-order valence-corrected chi connectivity index (χ4v) is 4.02. The summed E-state index contributed by atoms with van der Waals surface area (Å²) in [6, 6.07) is 18.6. The fraction of sp³-hybridized carbons (Fsp3) is 0.500. The first-order valence-corrected chi connectivity index (χ1v) is 10.4. The van der Waals surface area contributed by atoms with Crippen LogP contribution in [0.4, 0.5) is 0 Å². The van der Waals surface area contributed by atoms with Gasteiger partial charge in [-0.25, -0.2) is 0 Å². The molecule has 1 unspecified atom stereocenters. The topological polar surface area (TPSA) is 12.4 Å². The van der Waals surface area contributed by atoms with E-state index in [0.717, 1.165) is 6.54 Å². The summed E-state index contributed by atoms with van der Waals surface area (Å²) in [7, 11) is 0. The maximum absolute atomic E-state index is 4.62. The molecule has 0 N–H and O–H groups in total. The van der Waals surface area contributed by atoms with Crippen molar-refractivity contribution < 1.29 is 0 Å². The summed E-state index contributed by atoms with van der Waals surface area (Å²) >= 11 is 0. The molecule has 0 radical (unpaired) electrons. The molecule has 1 atom stereocenters. The van der Waals surface area contributed by atoms with Crippen molar-refractivity contribution in [1.29, 1.82) is 0 Å². The van der Waals surface area contributed by atoms with Crippen LogP contribution in [-0.2, 0) is 10.8 Å². The summed E-state index contributed by atoms with van der Waals surface area (Å²) in [5.74, 6) is 0.872. The molecule has 1 nitrogen and oxygen atoms in total. The number of benzene rings is 2. The molecule has 2 aromatic carbocycles. The van der Waals surface area contributed by atoms with Crippen molar-refractivity contribution in [3.8, 4) is 0 Å². The van der Waals surface area contributed by atoms with Gasteiger partial charge in [-0.15, -0.1) is 0 Å². The highest BCUT2D eigenvalue weighted by atomic mass is 14.7. The SMILES string of the molecule is CC(C)(C)c1ccc(C(c2ccc(C(C)(C)C)cc2)C2C=NCCC2)cc1. The maximum atomic E-state index is 4.62. The van der Waals surface area contributed by atoms with Crippen LogP contribution in [0.2, 0.25) is 0 Å². The first-order valence-electron chi connectivity index (χ1n) is 10.4. The number of hydrogen-bond donors (Lipinski definition) is 0. The van der Waals surface area contributed by atoms with Crippen molar-refractivity contribution in [1.82, 2.24) is 0 Å². The first-order chi connectivity index (χ1) is 12.7. The van der Waals surface area contributed by atoms with Crippen LogP contribution in [0.1, 0.15) is 82.6 Å². The lowest BCUT2D eigenvalue weighted by molar-refractivity contribution is 0.524. The molecule has 0 saturated heterocycles. The van der Waals surface area contributed by atoms with Crippen LogP contribution in [0.5, 0.6) is 0 Å². The summed E-state index contributed by atoms with van der Waals surface area (Å²) in [6.07, 6.45) is 4.62. The predicted octanol–water partition coefficient (Wildman–Crippen LogP) is 6.89. The van der Waals surface area contributed by atoms with E-state index in [1.165, 1.54) is 35.1 Å². The molecule has 3 rings (SSSR count). The Bertz CT molecular complexity index is 709. The summed E-state index contributed by atoms with van der Waals surface area (Å²) in [4.78, 5) is 4.62. The average molecular weight is 362 g/mol. The highest BCUT2D eigenvalue weighted by Gasteiger charge is 2.26. The van der Waals surface area contributed by atoms with Gasteiger partial charge in [0.15, 0.2) is 0 Å². The van der Waals surface area contributed by atoms with Gasteiger partial charge in [-0.05, 0) is 45.9 Å². The molecule has 1 heteroatoms. The first kappa shape index (κ1) is 19.9. The smallest absolute Gasteiger partial charge is 0.0385 e. The molecule has 0 saturated carbocycles. The van der Waals surface area contributed by atoms with Crippen LogP contribution >= 0.6 is 0 Å². The second-order valence-electron chi connectivity index (χ2n) is 10.1. The van der Waals surface area contributed by atoms with E-state index in [9.17, 15) is 0 Å². The molecule has 0 amide bonds. The number of nitrogens with zero attached hydrogens (tertiary/aromatic N) is 1. The van der Waals surface area contributed by atoms with Crippen LogP contribution in [0.25, 0.3) is 0 Å². The molecule has 0 spiro atoms. The predicted molar refractivity (Wildman–Crippen MR) is 118 cm³/mol. The molecule has 144 valence electrons. The lowest BCUT2D eigenvalue weighted by atomic mass is 9.76. The van der Waals surface area contributed by atoms with Crippen molar-refractivity contribution in [2.75, 3.05) is 6.54 Å². The Balaban J connectivity index is 1.99. The Morgan fingerprint density at radius 3 is 1.52 bits per heavy atom. The van der Waals surface area contributed by atoms with E-state index in [4.69, 9.17) is 0 Å². The molecule has 0 bridgehead atoms. The van der Waals surface area contributed by atoms with Crippen molar-refractivity contribution in [3.05, 3.63) is 70.8 Å². The largest absolute Gasteiger partial charge is 0.297 e. The van der Waals surface area contributed by atoms with E-state index in [2.05, 4.69) is 101 Å². The van der Waals surface area contributed by atoms with Gasteiger partial charge in [-0.3, -0.25) is 4.99 Å². The maximum Gasteiger partial charge on any atom is 0.0385 e. The Labute approximate surface area is 165 Å². The fourth-order valence-electron chi connectivity index (χ4n) is 4.02. The normalized spacial score (nSPS) is 18.1. The molecular weight excluding hydrogens is 326 g/mol. The summed E-state index contributed by atoms with van der Waals surface area (Å²) in [5.41, 5.74) is 5.98. The molecule has 1 aliphatic heterocycles. The van der Waals surface area contributed by atoms with Gasteiger partial charge in [0.05, 0.1) is 0 Å². The second kappa shape index (κ2) is 7.62. The number of aliphatic imine (C=N–C) groups is 1. The van der Waals surface area contributed by atoms with Gasteiger partial charge in [0.1, 0.15) is 0 Å². The Morgan fingerprint density at radius 2 is 1.19 bits per heavy atom. The monoisotopic (exact) mass is 361 g/mol. The Hall–Kier alpha value is -1.89. The van der Waals surface area contributed by atoms with Crippen molar-refractivity contribution >= 4 is 6.21 Å². The van der Waals surface area contributed by atoms with Gasteiger partial charge >= 0.3 is 0 Å². The molecular formula is C26H35N. The molecule has 0 aromatic heterocycles. The molecule has 0 fully saturated rings. The molecule has 1 aliphatic rings. The zero-order valence-corrected chi connectivity index (χ0v) is 17.9. The van der Waals surface area contributed by atoms with Crippen LogP contribution in [0, 0.1) is 5.92 Å². The minimum absolute atomic E-state index is 0.189. The van der Waals surface area contributed by atoms with Gasteiger partial charge in [-0.2, -0.15) is 0 Å². The van der Waals surface area contributed by atoms with Gasteiger partial charge < -0.3 is 0 Å². The van der Waals surface area contributed by atoms with Gasteiger partial charge in [-0.1, -0.05) is 90.1 Å². The third kappa shape index (κ3) is 4.69. The van der Waals surface area contributed by atoms with Gasteiger partial charge in [0.25, 0.3) is 0 Å². The highest BCUT2D eigenvalue weighted by molar-refractivity contribution is 5.65. The van der Waals surface area contributed by atoms with E-state index in [1.54, 1.807) is 0 Å². The van der Waals surface area contributed by atoms with E-state index in [0.29, 0.717) is 11.8 Å². The third-order valence-electron chi connectivity index (χ3n) is 5.82. The summed E-state index contributed by atoms with van der Waals surface area (Å²) in [6.45, 7) is 14.6. The van der Waals surface area contributed by atoms with Crippen LogP contribution in [0.15, 0.2) is 53.5 Å². The zero-order chi connectivity index (χ0) is 19.7. The zero-order valence-electron chi connectivity index (χ0n) is 17.9. The van der Waals surface area contributed by atoms with E-state index < -0.39 is 0 Å². The summed E-state index contributed by atoms with van der Waals surface area (Å²) in [5, 5.41) is 0. The average Bonchev–Trinajstić information content (AvgIpc) is 2.62. The minimum Gasteiger partial charge on any atom is -0.297 e. The van der Waals surface area contributed by atoms with Crippen LogP contribution < -0.4 is 0 Å². The van der Waals surface area contributed by atoms with E-state index in [1.807, 2.05) is 0 Å². The van der Waals surface area contributed by atoms with E-state index >= 15 is 0 Å².